The summed E-state index contributed by atoms with van der Waals surface area (Å²) in [6, 6.07) is 1.46. The quantitative estimate of drug-likeness (QED) is 0.459. The molecule has 1 amide bonds. The fourth-order valence-electron chi connectivity index (χ4n) is 3.74. The molecule has 0 spiro atoms. The van der Waals surface area contributed by atoms with Crippen LogP contribution < -0.4 is 15.8 Å². The van der Waals surface area contributed by atoms with Crippen molar-refractivity contribution < 1.29 is 13.9 Å². The number of imidazole rings is 1. The predicted molar refractivity (Wildman–Crippen MR) is 132 cm³/mol. The maximum Gasteiger partial charge on any atom is 0.258 e. The zero-order valence-electron chi connectivity index (χ0n) is 20.2. The molecule has 0 fully saturated rings. The van der Waals surface area contributed by atoms with Crippen LogP contribution in [0.2, 0.25) is 5.02 Å². The van der Waals surface area contributed by atoms with Gasteiger partial charge in [0.25, 0.3) is 5.91 Å². The molecule has 0 saturated carbocycles. The lowest BCUT2D eigenvalue weighted by atomic mass is 9.94. The van der Waals surface area contributed by atoms with E-state index in [9.17, 15) is 4.79 Å². The van der Waals surface area contributed by atoms with Gasteiger partial charge in [0.15, 0.2) is 5.82 Å². The topological polar surface area (TPSA) is 97.8 Å². The molecule has 3 radical (unpaired) electrons. The van der Waals surface area contributed by atoms with Crippen LogP contribution in [0.1, 0.15) is 48.2 Å². The summed E-state index contributed by atoms with van der Waals surface area (Å²) in [5.41, 5.74) is 7.61. The fraction of sp³-hybridized carbons (Fsp3) is 0.435. The molecule has 3 N–H and O–H groups in total. The molecule has 2 aromatic heterocycles. The Balaban J connectivity index is 2.24. The highest BCUT2D eigenvalue weighted by Gasteiger charge is 2.37. The van der Waals surface area contributed by atoms with E-state index in [-0.39, 0.29) is 22.4 Å². The van der Waals surface area contributed by atoms with Crippen LogP contribution in [0.5, 0.6) is 5.75 Å². The van der Waals surface area contributed by atoms with E-state index >= 15 is 4.39 Å². The molecule has 2 heterocycles. The van der Waals surface area contributed by atoms with E-state index < -0.39 is 16.8 Å². The van der Waals surface area contributed by atoms with Crippen LogP contribution in [-0.2, 0) is 5.04 Å². The zero-order chi connectivity index (χ0) is 25.4. The van der Waals surface area contributed by atoms with Crippen molar-refractivity contribution in [1.29, 1.82) is 0 Å². The lowest BCUT2D eigenvalue weighted by Crippen LogP contribution is -2.34. The summed E-state index contributed by atoms with van der Waals surface area (Å²) in [5.74, 6) is -0.491. The van der Waals surface area contributed by atoms with Gasteiger partial charge in [-0.15, -0.1) is 0 Å². The van der Waals surface area contributed by atoms with Gasteiger partial charge < -0.3 is 20.7 Å². The fourth-order valence-corrected chi connectivity index (χ4v) is 4.30. The zero-order valence-corrected chi connectivity index (χ0v) is 21.9. The third-order valence-corrected chi connectivity index (χ3v) is 6.11. The number of aryl methyl sites for hydroxylation is 1. The van der Waals surface area contributed by atoms with Crippen LogP contribution in [0.25, 0.3) is 5.52 Å². The molecule has 0 bridgehead atoms. The molecule has 0 aliphatic rings. The molecule has 181 valence electrons. The largest absolute Gasteiger partial charge is 0.490 e. The molecule has 1 aromatic carbocycles. The van der Waals surface area contributed by atoms with Crippen LogP contribution in [-0.4, -0.2) is 68.7 Å². The van der Waals surface area contributed by atoms with E-state index in [2.05, 4.69) is 20.5 Å². The number of ether oxygens (including phenoxy) is 1. The normalized spacial score (nSPS) is 13.5. The first-order valence-corrected chi connectivity index (χ1v) is 11.7. The SMILES string of the molecule is Cc1nc([C@@](C)([Si])c2cc(Cl)c(F)c(C(=O)NCCN(C)C)c2OC(C)C)n2ccnc(N)c12. The highest BCUT2D eigenvalue weighted by molar-refractivity contribution is 6.31. The number of halogens is 2. The molecule has 3 rings (SSSR count). The van der Waals surface area contributed by atoms with Gasteiger partial charge in [-0.3, -0.25) is 9.20 Å². The van der Waals surface area contributed by atoms with Gasteiger partial charge in [0, 0.05) is 46.3 Å². The highest BCUT2D eigenvalue weighted by Crippen LogP contribution is 2.41. The van der Waals surface area contributed by atoms with Gasteiger partial charge in [0.05, 0.1) is 16.8 Å². The monoisotopic (exact) mass is 503 g/mol. The van der Waals surface area contributed by atoms with Gasteiger partial charge in [0.2, 0.25) is 0 Å². The molecule has 34 heavy (non-hydrogen) atoms. The van der Waals surface area contributed by atoms with Crippen molar-refractivity contribution in [2.24, 2.45) is 0 Å². The summed E-state index contributed by atoms with van der Waals surface area (Å²) in [7, 11) is 7.60. The number of benzene rings is 1. The third-order valence-electron chi connectivity index (χ3n) is 5.34. The molecule has 0 aliphatic carbocycles. The Bertz CT molecular complexity index is 1230. The van der Waals surface area contributed by atoms with Crippen molar-refractivity contribution in [3.05, 3.63) is 51.9 Å². The van der Waals surface area contributed by atoms with Crippen LogP contribution in [0.15, 0.2) is 18.5 Å². The molecule has 0 aliphatic heterocycles. The summed E-state index contributed by atoms with van der Waals surface area (Å²) in [6.45, 7) is 8.18. The minimum atomic E-state index is -1.04. The summed E-state index contributed by atoms with van der Waals surface area (Å²) in [6.07, 6.45) is 2.97. The lowest BCUT2D eigenvalue weighted by molar-refractivity contribution is 0.0940. The molecule has 0 unspecified atom stereocenters. The smallest absolute Gasteiger partial charge is 0.258 e. The van der Waals surface area contributed by atoms with Crippen LogP contribution in [0.4, 0.5) is 10.2 Å². The van der Waals surface area contributed by atoms with Gasteiger partial charge in [0.1, 0.15) is 28.5 Å². The van der Waals surface area contributed by atoms with Crippen LogP contribution in [0.3, 0.4) is 0 Å². The summed E-state index contributed by atoms with van der Waals surface area (Å²) in [5, 5.41) is 1.51. The minimum Gasteiger partial charge on any atom is -0.490 e. The van der Waals surface area contributed by atoms with Crippen LogP contribution >= 0.6 is 11.6 Å². The Morgan fingerprint density at radius 1 is 1.44 bits per heavy atom. The van der Waals surface area contributed by atoms with E-state index in [1.807, 2.05) is 32.8 Å². The first kappa shape index (κ1) is 25.9. The number of rotatable bonds is 8. The highest BCUT2D eigenvalue weighted by atomic mass is 35.5. The summed E-state index contributed by atoms with van der Waals surface area (Å²) in [4.78, 5) is 23.9. The average Bonchev–Trinajstić information content (AvgIpc) is 3.08. The number of hydrogen-bond acceptors (Lipinski definition) is 6. The van der Waals surface area contributed by atoms with Crippen molar-refractivity contribution in [3.8, 4) is 5.75 Å². The van der Waals surface area contributed by atoms with Crippen molar-refractivity contribution in [2.75, 3.05) is 32.9 Å². The first-order valence-electron chi connectivity index (χ1n) is 10.8. The molecular weight excluding hydrogens is 475 g/mol. The molecule has 3 aromatic rings. The van der Waals surface area contributed by atoms with Crippen molar-refractivity contribution >= 4 is 39.1 Å². The Morgan fingerprint density at radius 2 is 2.12 bits per heavy atom. The van der Waals surface area contributed by atoms with E-state index in [0.29, 0.717) is 41.5 Å². The number of nitrogens with one attached hydrogen (secondary N) is 1. The summed E-state index contributed by atoms with van der Waals surface area (Å²) < 4.78 is 23.1. The lowest BCUT2D eigenvalue weighted by Gasteiger charge is -2.29. The number of nitrogen functional groups attached to an aromatic ring is 1. The number of likely N-dealkylation sites (N-methyl/N-ethyl adjacent to an activating group) is 1. The van der Waals surface area contributed by atoms with Crippen molar-refractivity contribution in [2.45, 2.75) is 38.8 Å². The Labute approximate surface area is 207 Å². The van der Waals surface area contributed by atoms with E-state index in [0.717, 1.165) is 0 Å². The number of nitrogens with two attached hydrogens (primary N) is 1. The van der Waals surface area contributed by atoms with Crippen molar-refractivity contribution in [3.63, 3.8) is 0 Å². The van der Waals surface area contributed by atoms with Gasteiger partial charge in [-0.25, -0.2) is 14.4 Å². The Kier molecular flexibility index (Phi) is 7.54. The Hall–Kier alpha value is -2.69. The van der Waals surface area contributed by atoms with Gasteiger partial charge in [-0.2, -0.15) is 0 Å². The number of aromatic nitrogens is 3. The molecular formula is C23H29ClFN6O2Si. The molecule has 8 nitrogen and oxygen atoms in total. The standard InChI is InChI=1S/C23H29ClFN6O2Si/c1-12(2)33-19-14(11-15(24)17(25)16(19)21(32)28-7-9-30(5)6)23(4,34)22-29-13(3)18-20(26)27-8-10-31(18)22/h8,10-12H,7,9H2,1-6H3,(H2,26,27)(H,28,32)/t23-/m0/s1. The maximum atomic E-state index is 15.3. The van der Waals surface area contributed by atoms with Gasteiger partial charge in [-0.1, -0.05) is 18.5 Å². The predicted octanol–water partition coefficient (Wildman–Crippen LogP) is 2.92. The second kappa shape index (κ2) is 9.89. The summed E-state index contributed by atoms with van der Waals surface area (Å²) >= 11 is 6.30. The number of fused-ring (bicyclic) bond motifs is 1. The number of amides is 1. The van der Waals surface area contributed by atoms with Crippen molar-refractivity contribution in [1.82, 2.24) is 24.6 Å². The number of anilines is 1. The number of carbonyl (C=O) groups is 1. The van der Waals surface area contributed by atoms with Gasteiger partial charge >= 0.3 is 0 Å². The second-order valence-electron chi connectivity index (χ2n) is 8.83. The second-order valence-corrected chi connectivity index (χ2v) is 10.2. The minimum absolute atomic E-state index is 0.0909. The van der Waals surface area contributed by atoms with Gasteiger partial charge in [-0.05, 0) is 40.9 Å². The molecule has 1 atom stereocenters. The molecule has 11 heteroatoms. The third kappa shape index (κ3) is 4.89. The average molecular weight is 504 g/mol. The Morgan fingerprint density at radius 3 is 2.74 bits per heavy atom. The number of carbonyl (C=O) groups excluding carboxylic acids is 1. The van der Waals surface area contributed by atoms with E-state index in [1.54, 1.807) is 30.6 Å². The molecule has 0 saturated heterocycles. The number of hydrogen-bond donors (Lipinski definition) is 2. The first-order chi connectivity index (χ1) is 15.9. The van der Waals surface area contributed by atoms with Crippen LogP contribution in [0, 0.1) is 12.7 Å². The van der Waals surface area contributed by atoms with E-state index in [4.69, 9.17) is 27.1 Å². The van der Waals surface area contributed by atoms with E-state index in [1.165, 1.54) is 6.07 Å². The maximum absolute atomic E-state index is 15.3. The number of nitrogens with zero attached hydrogens (tertiary/aromatic N) is 4.